The van der Waals surface area contributed by atoms with Crippen molar-refractivity contribution in [3.05, 3.63) is 58.4 Å². The molecular weight excluding hydrogens is 278 g/mol. The fraction of sp³-hybridized carbons (Fsp3) is 0.312. The lowest BCUT2D eigenvalue weighted by Gasteiger charge is -2.20. The van der Waals surface area contributed by atoms with Gasteiger partial charge in [0.2, 0.25) is 0 Å². The first kappa shape index (κ1) is 14.3. The molecule has 0 aliphatic carbocycles. The van der Waals surface area contributed by atoms with Crippen LogP contribution in [0.4, 0.5) is 5.69 Å². The summed E-state index contributed by atoms with van der Waals surface area (Å²) in [6, 6.07) is 6.10. The van der Waals surface area contributed by atoms with Crippen LogP contribution >= 0.6 is 0 Å². The zero-order valence-corrected chi connectivity index (χ0v) is 12.8. The molecule has 0 aromatic carbocycles. The van der Waals surface area contributed by atoms with E-state index >= 15 is 0 Å². The van der Waals surface area contributed by atoms with Gasteiger partial charge in [-0.05, 0) is 43.0 Å². The highest BCUT2D eigenvalue weighted by Crippen LogP contribution is 2.19. The molecule has 1 N–H and O–H groups in total. The van der Waals surface area contributed by atoms with Gasteiger partial charge in [0.05, 0.1) is 5.69 Å². The van der Waals surface area contributed by atoms with Crippen LogP contribution in [0.2, 0.25) is 0 Å². The zero-order valence-electron chi connectivity index (χ0n) is 12.8. The molecule has 3 aromatic rings. The summed E-state index contributed by atoms with van der Waals surface area (Å²) in [7, 11) is 2.02. The number of pyridine rings is 2. The largest absolute Gasteiger partial charge is 0.372 e. The highest BCUT2D eigenvalue weighted by Gasteiger charge is 2.11. The standard InChI is InChI=1S/C16H19N5O/c1-12-9-14(15-18-19-16(22)21(15)11-12)20(2)8-4-6-13-5-3-7-17-10-13/h3,5,7,9-11H,4,6,8H2,1-2H3,(H,19,22). The number of anilines is 1. The predicted molar refractivity (Wildman–Crippen MR) is 86.4 cm³/mol. The van der Waals surface area contributed by atoms with Crippen molar-refractivity contribution in [3.63, 3.8) is 0 Å². The quantitative estimate of drug-likeness (QED) is 0.780. The monoisotopic (exact) mass is 297 g/mol. The third-order valence-corrected chi connectivity index (χ3v) is 3.72. The van der Waals surface area contributed by atoms with Crippen molar-refractivity contribution in [2.75, 3.05) is 18.5 Å². The average molecular weight is 297 g/mol. The van der Waals surface area contributed by atoms with Gasteiger partial charge in [-0.15, -0.1) is 0 Å². The molecule has 0 saturated carbocycles. The molecule has 3 rings (SSSR count). The molecule has 0 atom stereocenters. The van der Waals surface area contributed by atoms with E-state index in [4.69, 9.17) is 0 Å². The van der Waals surface area contributed by atoms with Crippen LogP contribution in [-0.2, 0) is 6.42 Å². The van der Waals surface area contributed by atoms with Crippen LogP contribution in [0.15, 0.2) is 41.6 Å². The van der Waals surface area contributed by atoms with Gasteiger partial charge in [0, 0.05) is 32.2 Å². The molecule has 0 fully saturated rings. The van der Waals surface area contributed by atoms with Crippen molar-refractivity contribution in [1.82, 2.24) is 19.6 Å². The number of aromatic amines is 1. The molecule has 0 aliphatic heterocycles. The number of fused-ring (bicyclic) bond motifs is 1. The summed E-state index contributed by atoms with van der Waals surface area (Å²) < 4.78 is 1.56. The van der Waals surface area contributed by atoms with E-state index in [1.54, 1.807) is 16.8 Å². The van der Waals surface area contributed by atoms with Crippen molar-refractivity contribution in [2.24, 2.45) is 0 Å². The molecule has 6 nitrogen and oxygen atoms in total. The average Bonchev–Trinajstić information content (AvgIpc) is 2.89. The normalized spacial score (nSPS) is 11.0. The Balaban J connectivity index is 1.75. The van der Waals surface area contributed by atoms with E-state index in [1.807, 2.05) is 26.2 Å². The second kappa shape index (κ2) is 6.01. The Morgan fingerprint density at radius 3 is 3.05 bits per heavy atom. The third-order valence-electron chi connectivity index (χ3n) is 3.72. The Labute approximate surface area is 128 Å². The molecule has 6 heteroatoms. The molecule has 3 aromatic heterocycles. The minimum Gasteiger partial charge on any atom is -0.372 e. The van der Waals surface area contributed by atoms with E-state index in [-0.39, 0.29) is 5.69 Å². The van der Waals surface area contributed by atoms with Crippen molar-refractivity contribution in [2.45, 2.75) is 19.8 Å². The van der Waals surface area contributed by atoms with Crippen LogP contribution in [0, 0.1) is 6.92 Å². The maximum atomic E-state index is 11.7. The smallest absolute Gasteiger partial charge is 0.347 e. The molecule has 0 aliphatic rings. The maximum Gasteiger partial charge on any atom is 0.347 e. The van der Waals surface area contributed by atoms with Gasteiger partial charge >= 0.3 is 5.69 Å². The van der Waals surface area contributed by atoms with Gasteiger partial charge in [0.15, 0.2) is 5.65 Å². The van der Waals surface area contributed by atoms with Crippen LogP contribution < -0.4 is 10.6 Å². The fourth-order valence-corrected chi connectivity index (χ4v) is 2.59. The summed E-state index contributed by atoms with van der Waals surface area (Å²) >= 11 is 0. The topological polar surface area (TPSA) is 66.3 Å². The van der Waals surface area contributed by atoms with E-state index < -0.39 is 0 Å². The molecule has 0 saturated heterocycles. The van der Waals surface area contributed by atoms with Gasteiger partial charge in [-0.25, -0.2) is 14.3 Å². The number of hydrogen-bond acceptors (Lipinski definition) is 4. The van der Waals surface area contributed by atoms with Crippen LogP contribution in [0.1, 0.15) is 17.5 Å². The minimum atomic E-state index is -0.205. The minimum absolute atomic E-state index is 0.205. The number of rotatable bonds is 5. The maximum absolute atomic E-state index is 11.7. The Morgan fingerprint density at radius 2 is 2.27 bits per heavy atom. The summed E-state index contributed by atoms with van der Waals surface area (Å²) in [6.07, 6.45) is 7.48. The second-order valence-corrected chi connectivity index (χ2v) is 5.51. The number of aryl methyl sites for hydroxylation is 2. The molecule has 3 heterocycles. The molecule has 0 bridgehead atoms. The first-order valence-electron chi connectivity index (χ1n) is 7.32. The Kier molecular flexibility index (Phi) is 3.91. The van der Waals surface area contributed by atoms with E-state index in [0.717, 1.165) is 30.6 Å². The first-order valence-corrected chi connectivity index (χ1v) is 7.32. The first-order chi connectivity index (χ1) is 10.6. The lowest BCUT2D eigenvalue weighted by atomic mass is 10.1. The van der Waals surface area contributed by atoms with Gasteiger partial charge in [-0.3, -0.25) is 4.98 Å². The molecule has 0 amide bonds. The van der Waals surface area contributed by atoms with E-state index in [9.17, 15) is 4.79 Å². The second-order valence-electron chi connectivity index (χ2n) is 5.51. The molecule has 0 spiro atoms. The highest BCUT2D eigenvalue weighted by molar-refractivity contribution is 5.68. The Bertz CT molecular complexity index is 821. The fourth-order valence-electron chi connectivity index (χ4n) is 2.59. The highest BCUT2D eigenvalue weighted by atomic mass is 16.1. The van der Waals surface area contributed by atoms with Crippen LogP contribution in [0.5, 0.6) is 0 Å². The molecule has 0 radical (unpaired) electrons. The van der Waals surface area contributed by atoms with Crippen molar-refractivity contribution >= 4 is 11.3 Å². The lowest BCUT2D eigenvalue weighted by Crippen LogP contribution is -2.21. The summed E-state index contributed by atoms with van der Waals surface area (Å²) in [6.45, 7) is 2.86. The summed E-state index contributed by atoms with van der Waals surface area (Å²) in [5.74, 6) is 0. The van der Waals surface area contributed by atoms with Crippen molar-refractivity contribution in [1.29, 1.82) is 0 Å². The summed E-state index contributed by atoms with van der Waals surface area (Å²) in [5, 5.41) is 6.62. The molecular formula is C16H19N5O. The molecule has 114 valence electrons. The van der Waals surface area contributed by atoms with Gasteiger partial charge in [-0.2, -0.15) is 5.10 Å². The van der Waals surface area contributed by atoms with Gasteiger partial charge < -0.3 is 4.90 Å². The number of nitrogens with one attached hydrogen (secondary N) is 1. The van der Waals surface area contributed by atoms with Gasteiger partial charge in [-0.1, -0.05) is 6.07 Å². The van der Waals surface area contributed by atoms with E-state index in [0.29, 0.717) is 5.65 Å². The molecule has 0 unspecified atom stereocenters. The summed E-state index contributed by atoms with van der Waals surface area (Å²) in [4.78, 5) is 18.0. The van der Waals surface area contributed by atoms with E-state index in [1.165, 1.54) is 5.56 Å². The van der Waals surface area contributed by atoms with Gasteiger partial charge in [0.1, 0.15) is 0 Å². The van der Waals surface area contributed by atoms with Gasteiger partial charge in [0.25, 0.3) is 0 Å². The number of nitrogens with zero attached hydrogens (tertiary/aromatic N) is 4. The van der Waals surface area contributed by atoms with Crippen LogP contribution in [-0.4, -0.2) is 33.2 Å². The van der Waals surface area contributed by atoms with Crippen molar-refractivity contribution in [3.8, 4) is 0 Å². The predicted octanol–water partition coefficient (Wildman–Crippen LogP) is 1.80. The Hall–Kier alpha value is -2.63. The van der Waals surface area contributed by atoms with Crippen molar-refractivity contribution < 1.29 is 0 Å². The molecule has 22 heavy (non-hydrogen) atoms. The van der Waals surface area contributed by atoms with Crippen LogP contribution in [0.25, 0.3) is 5.65 Å². The Morgan fingerprint density at radius 1 is 1.41 bits per heavy atom. The number of aromatic nitrogens is 4. The lowest BCUT2D eigenvalue weighted by molar-refractivity contribution is 0.782. The zero-order chi connectivity index (χ0) is 15.5. The third kappa shape index (κ3) is 2.86. The summed E-state index contributed by atoms with van der Waals surface area (Å²) in [5.41, 5.74) is 3.69. The van der Waals surface area contributed by atoms with E-state index in [2.05, 4.69) is 32.2 Å². The SMILES string of the molecule is Cc1cc(N(C)CCCc2cccnc2)c2n[nH]c(=O)n2c1. The number of hydrogen-bond donors (Lipinski definition) is 1. The number of H-pyrrole nitrogens is 1. The van der Waals surface area contributed by atoms with Crippen LogP contribution in [0.3, 0.4) is 0 Å².